The van der Waals surface area contributed by atoms with Gasteiger partial charge in [-0.2, -0.15) is 5.10 Å². The number of primary amides is 1. The SMILES string of the molecule is NC(=O)c1cn2nc(-c3ccccc3)ccc2n1. The quantitative estimate of drug-likeness (QED) is 0.735. The molecule has 5 heteroatoms. The molecule has 3 aromatic rings. The van der Waals surface area contributed by atoms with Gasteiger partial charge < -0.3 is 5.73 Å². The number of hydrogen-bond acceptors (Lipinski definition) is 3. The number of nitrogens with two attached hydrogens (primary N) is 1. The van der Waals surface area contributed by atoms with Gasteiger partial charge in [0.2, 0.25) is 0 Å². The molecule has 0 aliphatic carbocycles. The van der Waals surface area contributed by atoms with E-state index < -0.39 is 5.91 Å². The van der Waals surface area contributed by atoms with Crippen LogP contribution in [-0.2, 0) is 0 Å². The highest BCUT2D eigenvalue weighted by Crippen LogP contribution is 2.16. The second kappa shape index (κ2) is 3.96. The van der Waals surface area contributed by atoms with Crippen LogP contribution in [0.2, 0.25) is 0 Å². The number of nitrogens with zero attached hydrogens (tertiary/aromatic N) is 3. The zero-order chi connectivity index (χ0) is 12.5. The van der Waals surface area contributed by atoms with Crippen LogP contribution in [0.5, 0.6) is 0 Å². The van der Waals surface area contributed by atoms with Crippen LogP contribution in [0, 0.1) is 0 Å². The summed E-state index contributed by atoms with van der Waals surface area (Å²) in [6.45, 7) is 0. The van der Waals surface area contributed by atoms with E-state index in [4.69, 9.17) is 5.73 Å². The van der Waals surface area contributed by atoms with E-state index in [0.29, 0.717) is 5.65 Å². The molecule has 0 spiro atoms. The Labute approximate surface area is 103 Å². The molecular formula is C13H10N4O. The molecule has 0 unspecified atom stereocenters. The highest BCUT2D eigenvalue weighted by Gasteiger charge is 2.08. The lowest BCUT2D eigenvalue weighted by Gasteiger charge is -2.00. The number of amides is 1. The predicted octanol–water partition coefficient (Wildman–Crippen LogP) is 1.50. The van der Waals surface area contributed by atoms with Gasteiger partial charge in [-0.15, -0.1) is 0 Å². The largest absolute Gasteiger partial charge is 0.364 e. The number of rotatable bonds is 2. The van der Waals surface area contributed by atoms with E-state index in [-0.39, 0.29) is 5.69 Å². The van der Waals surface area contributed by atoms with E-state index in [9.17, 15) is 4.79 Å². The summed E-state index contributed by atoms with van der Waals surface area (Å²) in [5.74, 6) is -0.554. The van der Waals surface area contributed by atoms with Gasteiger partial charge in [-0.25, -0.2) is 9.50 Å². The van der Waals surface area contributed by atoms with Crippen LogP contribution in [-0.4, -0.2) is 20.5 Å². The van der Waals surface area contributed by atoms with Crippen molar-refractivity contribution in [2.45, 2.75) is 0 Å². The van der Waals surface area contributed by atoms with E-state index in [1.165, 1.54) is 6.20 Å². The van der Waals surface area contributed by atoms with Crippen LogP contribution in [0.25, 0.3) is 16.9 Å². The summed E-state index contributed by atoms with van der Waals surface area (Å²) in [4.78, 5) is 15.1. The van der Waals surface area contributed by atoms with Crippen LogP contribution in [0.3, 0.4) is 0 Å². The van der Waals surface area contributed by atoms with Crippen molar-refractivity contribution >= 4 is 11.6 Å². The van der Waals surface area contributed by atoms with Crippen molar-refractivity contribution in [3.05, 3.63) is 54.4 Å². The summed E-state index contributed by atoms with van der Waals surface area (Å²) >= 11 is 0. The van der Waals surface area contributed by atoms with Gasteiger partial charge in [-0.3, -0.25) is 4.79 Å². The second-order valence-corrected chi connectivity index (χ2v) is 3.88. The van der Waals surface area contributed by atoms with Crippen LogP contribution >= 0.6 is 0 Å². The zero-order valence-corrected chi connectivity index (χ0v) is 9.45. The first kappa shape index (κ1) is 10.5. The lowest BCUT2D eigenvalue weighted by molar-refractivity contribution is 0.0996. The maximum Gasteiger partial charge on any atom is 0.268 e. The highest BCUT2D eigenvalue weighted by molar-refractivity contribution is 5.91. The maximum absolute atomic E-state index is 11.0. The fourth-order valence-corrected chi connectivity index (χ4v) is 1.76. The third-order valence-electron chi connectivity index (χ3n) is 2.64. The Hall–Kier alpha value is -2.69. The molecule has 2 N–H and O–H groups in total. The Morgan fingerprint density at radius 2 is 1.89 bits per heavy atom. The average molecular weight is 238 g/mol. The number of imidazole rings is 1. The first-order valence-electron chi connectivity index (χ1n) is 5.46. The smallest absolute Gasteiger partial charge is 0.268 e. The molecule has 0 aliphatic heterocycles. The molecule has 0 atom stereocenters. The number of aromatic nitrogens is 3. The van der Waals surface area contributed by atoms with Crippen molar-refractivity contribution in [1.29, 1.82) is 0 Å². The first-order chi connectivity index (χ1) is 8.74. The van der Waals surface area contributed by atoms with E-state index in [0.717, 1.165) is 11.3 Å². The first-order valence-corrected chi connectivity index (χ1v) is 5.46. The van der Waals surface area contributed by atoms with Crippen LogP contribution in [0.4, 0.5) is 0 Å². The molecule has 0 saturated carbocycles. The molecule has 0 fully saturated rings. The van der Waals surface area contributed by atoms with Crippen molar-refractivity contribution in [3.63, 3.8) is 0 Å². The Balaban J connectivity index is 2.14. The minimum absolute atomic E-state index is 0.215. The second-order valence-electron chi connectivity index (χ2n) is 3.88. The van der Waals surface area contributed by atoms with Gasteiger partial charge in [0.1, 0.15) is 5.69 Å². The number of hydrogen-bond donors (Lipinski definition) is 1. The summed E-state index contributed by atoms with van der Waals surface area (Å²) in [6, 6.07) is 13.5. The topological polar surface area (TPSA) is 73.3 Å². The van der Waals surface area contributed by atoms with Crippen LogP contribution in [0.1, 0.15) is 10.5 Å². The molecule has 88 valence electrons. The molecule has 1 aromatic carbocycles. The third-order valence-corrected chi connectivity index (χ3v) is 2.64. The van der Waals surface area contributed by atoms with Crippen LogP contribution < -0.4 is 5.73 Å². The molecular weight excluding hydrogens is 228 g/mol. The van der Waals surface area contributed by atoms with Crippen molar-refractivity contribution < 1.29 is 4.79 Å². The van der Waals surface area contributed by atoms with Crippen LogP contribution in [0.15, 0.2) is 48.7 Å². The van der Waals surface area contributed by atoms with Gasteiger partial charge in [0.25, 0.3) is 5.91 Å². The Morgan fingerprint density at radius 1 is 1.11 bits per heavy atom. The lowest BCUT2D eigenvalue weighted by Crippen LogP contribution is -2.10. The van der Waals surface area contributed by atoms with Crippen molar-refractivity contribution in [2.75, 3.05) is 0 Å². The summed E-state index contributed by atoms with van der Waals surface area (Å²) < 4.78 is 1.56. The van der Waals surface area contributed by atoms with E-state index in [2.05, 4.69) is 10.1 Å². The minimum Gasteiger partial charge on any atom is -0.364 e. The minimum atomic E-state index is -0.554. The predicted molar refractivity (Wildman–Crippen MR) is 66.9 cm³/mol. The lowest BCUT2D eigenvalue weighted by atomic mass is 10.1. The molecule has 3 rings (SSSR count). The van der Waals surface area contributed by atoms with E-state index in [1.54, 1.807) is 4.52 Å². The molecule has 0 bridgehead atoms. The zero-order valence-electron chi connectivity index (χ0n) is 9.45. The molecule has 0 saturated heterocycles. The molecule has 1 amide bonds. The normalized spacial score (nSPS) is 10.7. The average Bonchev–Trinajstić information content (AvgIpc) is 2.82. The fraction of sp³-hybridized carbons (Fsp3) is 0. The van der Waals surface area contributed by atoms with E-state index >= 15 is 0 Å². The van der Waals surface area contributed by atoms with Crippen molar-refractivity contribution in [3.8, 4) is 11.3 Å². The third kappa shape index (κ3) is 1.71. The van der Waals surface area contributed by atoms with Crippen molar-refractivity contribution in [2.24, 2.45) is 5.73 Å². The van der Waals surface area contributed by atoms with Gasteiger partial charge in [0, 0.05) is 5.56 Å². The molecule has 2 heterocycles. The molecule has 5 nitrogen and oxygen atoms in total. The standard InChI is InChI=1S/C13H10N4O/c14-13(18)11-8-17-12(15-11)7-6-10(16-17)9-4-2-1-3-5-9/h1-8H,(H2,14,18). The number of benzene rings is 1. The Morgan fingerprint density at radius 3 is 2.61 bits per heavy atom. The van der Waals surface area contributed by atoms with Gasteiger partial charge in [0.05, 0.1) is 11.9 Å². The van der Waals surface area contributed by atoms with Gasteiger partial charge in [0.15, 0.2) is 5.65 Å². The van der Waals surface area contributed by atoms with Gasteiger partial charge in [-0.05, 0) is 12.1 Å². The maximum atomic E-state index is 11.0. The molecule has 0 aliphatic rings. The Kier molecular flexibility index (Phi) is 2.30. The molecule has 0 radical (unpaired) electrons. The fourth-order valence-electron chi connectivity index (χ4n) is 1.76. The van der Waals surface area contributed by atoms with Crippen molar-refractivity contribution in [1.82, 2.24) is 14.6 Å². The Bertz CT molecular complexity index is 718. The summed E-state index contributed by atoms with van der Waals surface area (Å²) in [5, 5.41) is 4.39. The van der Waals surface area contributed by atoms with Gasteiger partial charge >= 0.3 is 0 Å². The molecule has 18 heavy (non-hydrogen) atoms. The monoisotopic (exact) mass is 238 g/mol. The van der Waals surface area contributed by atoms with Gasteiger partial charge in [-0.1, -0.05) is 30.3 Å². The highest BCUT2D eigenvalue weighted by atomic mass is 16.1. The number of carbonyl (C=O) groups is 1. The number of carbonyl (C=O) groups excluding carboxylic acids is 1. The summed E-state index contributed by atoms with van der Waals surface area (Å²) in [7, 11) is 0. The van der Waals surface area contributed by atoms with E-state index in [1.807, 2.05) is 42.5 Å². The summed E-state index contributed by atoms with van der Waals surface area (Å²) in [6.07, 6.45) is 1.53. The number of fused-ring (bicyclic) bond motifs is 1. The summed E-state index contributed by atoms with van der Waals surface area (Å²) in [5.41, 5.74) is 7.82. The molecule has 2 aromatic heterocycles.